The fraction of sp³-hybridized carbons (Fsp3) is 0.136. The number of aliphatic imine (C=N–C) groups is 1. The van der Waals surface area contributed by atoms with Crippen LogP contribution < -0.4 is 0 Å². The lowest BCUT2D eigenvalue weighted by atomic mass is 9.78. The summed E-state index contributed by atoms with van der Waals surface area (Å²) in [4.78, 5) is 15.9. The summed E-state index contributed by atoms with van der Waals surface area (Å²) in [5.41, 5.74) is 5.46. The highest BCUT2D eigenvalue weighted by atomic mass is 16.6. The SMILES string of the molecule is CC1(C)C(c2ccccc2)=Nc2ccc(-c3ccccc3[N+](=O)[O-])cc21. The molecule has 0 atom stereocenters. The monoisotopic (exact) mass is 342 g/mol. The number of para-hydroxylation sites is 1. The molecular weight excluding hydrogens is 324 g/mol. The topological polar surface area (TPSA) is 55.5 Å². The van der Waals surface area contributed by atoms with Gasteiger partial charge in [0.15, 0.2) is 0 Å². The van der Waals surface area contributed by atoms with Gasteiger partial charge in [0.25, 0.3) is 5.69 Å². The van der Waals surface area contributed by atoms with E-state index in [4.69, 9.17) is 4.99 Å². The van der Waals surface area contributed by atoms with Crippen LogP contribution in [0.1, 0.15) is 25.0 Å². The van der Waals surface area contributed by atoms with Gasteiger partial charge >= 0.3 is 0 Å². The minimum Gasteiger partial charge on any atom is -0.258 e. The zero-order valence-corrected chi connectivity index (χ0v) is 14.6. The van der Waals surface area contributed by atoms with E-state index >= 15 is 0 Å². The molecule has 0 N–H and O–H groups in total. The van der Waals surface area contributed by atoms with Crippen molar-refractivity contribution in [2.24, 2.45) is 4.99 Å². The van der Waals surface area contributed by atoms with Crippen LogP contribution in [0.5, 0.6) is 0 Å². The van der Waals surface area contributed by atoms with Crippen molar-refractivity contribution in [1.29, 1.82) is 0 Å². The van der Waals surface area contributed by atoms with Gasteiger partial charge in [-0.15, -0.1) is 0 Å². The Morgan fingerprint density at radius 3 is 2.31 bits per heavy atom. The summed E-state index contributed by atoms with van der Waals surface area (Å²) in [6, 6.07) is 22.9. The van der Waals surface area contributed by atoms with E-state index < -0.39 is 0 Å². The first-order valence-electron chi connectivity index (χ1n) is 8.51. The maximum atomic E-state index is 11.4. The average molecular weight is 342 g/mol. The Bertz CT molecular complexity index is 1040. The van der Waals surface area contributed by atoms with Crippen LogP contribution in [0.4, 0.5) is 11.4 Å². The fourth-order valence-electron chi connectivity index (χ4n) is 3.59. The second kappa shape index (κ2) is 5.92. The number of hydrogen-bond acceptors (Lipinski definition) is 3. The minimum absolute atomic E-state index is 0.118. The smallest absolute Gasteiger partial charge is 0.258 e. The molecule has 0 amide bonds. The van der Waals surface area contributed by atoms with Crippen LogP contribution >= 0.6 is 0 Å². The standard InChI is InChI=1S/C22H18N2O2/c1-22(2)18-14-16(17-10-6-7-11-20(17)24(25)26)12-13-19(18)23-21(22)15-8-4-3-5-9-15/h3-14H,1-2H3. The highest BCUT2D eigenvalue weighted by Crippen LogP contribution is 2.44. The molecule has 0 fully saturated rings. The summed E-state index contributed by atoms with van der Waals surface area (Å²) in [5.74, 6) is 0. The molecule has 0 saturated carbocycles. The zero-order chi connectivity index (χ0) is 18.3. The number of benzene rings is 3. The summed E-state index contributed by atoms with van der Waals surface area (Å²) in [7, 11) is 0. The minimum atomic E-state index is -0.334. The summed E-state index contributed by atoms with van der Waals surface area (Å²) < 4.78 is 0. The van der Waals surface area contributed by atoms with Crippen LogP contribution in [-0.4, -0.2) is 10.6 Å². The molecule has 1 heterocycles. The molecule has 4 nitrogen and oxygen atoms in total. The van der Waals surface area contributed by atoms with Gasteiger partial charge in [0.1, 0.15) is 0 Å². The molecule has 4 rings (SSSR count). The summed E-state index contributed by atoms with van der Waals surface area (Å²) >= 11 is 0. The first-order chi connectivity index (χ1) is 12.5. The van der Waals surface area contributed by atoms with Crippen LogP contribution in [0, 0.1) is 10.1 Å². The van der Waals surface area contributed by atoms with Gasteiger partial charge in [-0.25, -0.2) is 0 Å². The maximum Gasteiger partial charge on any atom is 0.277 e. The molecule has 1 aliphatic rings. The van der Waals surface area contributed by atoms with Crippen molar-refractivity contribution in [2.75, 3.05) is 0 Å². The number of fused-ring (bicyclic) bond motifs is 1. The van der Waals surface area contributed by atoms with Crippen LogP contribution in [0.2, 0.25) is 0 Å². The Kier molecular flexibility index (Phi) is 3.69. The van der Waals surface area contributed by atoms with Gasteiger partial charge in [0, 0.05) is 11.5 Å². The maximum absolute atomic E-state index is 11.4. The molecular formula is C22H18N2O2. The Hall–Kier alpha value is -3.27. The number of rotatable bonds is 3. The van der Waals surface area contributed by atoms with E-state index in [1.54, 1.807) is 18.2 Å². The molecule has 1 aliphatic heterocycles. The summed E-state index contributed by atoms with van der Waals surface area (Å²) in [5, 5.41) is 11.4. The van der Waals surface area contributed by atoms with E-state index in [1.165, 1.54) is 0 Å². The van der Waals surface area contributed by atoms with Crippen LogP contribution in [0.3, 0.4) is 0 Å². The lowest BCUT2D eigenvalue weighted by Gasteiger charge is -2.23. The van der Waals surface area contributed by atoms with E-state index in [9.17, 15) is 10.1 Å². The molecule has 0 spiro atoms. The quantitative estimate of drug-likeness (QED) is 0.454. The van der Waals surface area contributed by atoms with E-state index in [-0.39, 0.29) is 16.0 Å². The Labute approximate surface area is 152 Å². The Balaban J connectivity index is 1.83. The van der Waals surface area contributed by atoms with Crippen molar-refractivity contribution in [1.82, 2.24) is 0 Å². The number of nitrogens with zero attached hydrogens (tertiary/aromatic N) is 2. The molecule has 0 radical (unpaired) electrons. The van der Waals surface area contributed by atoms with Gasteiger partial charge in [-0.2, -0.15) is 0 Å². The summed E-state index contributed by atoms with van der Waals surface area (Å²) in [6.07, 6.45) is 0. The van der Waals surface area contributed by atoms with E-state index in [2.05, 4.69) is 26.0 Å². The van der Waals surface area contributed by atoms with E-state index in [1.807, 2.05) is 42.5 Å². The van der Waals surface area contributed by atoms with E-state index in [0.29, 0.717) is 5.56 Å². The highest BCUT2D eigenvalue weighted by molar-refractivity contribution is 6.12. The molecule has 0 bridgehead atoms. The summed E-state index contributed by atoms with van der Waals surface area (Å²) in [6.45, 7) is 4.29. The number of nitro groups is 1. The van der Waals surface area contributed by atoms with Crippen molar-refractivity contribution in [3.8, 4) is 11.1 Å². The molecule has 3 aromatic rings. The molecule has 0 aromatic heterocycles. The first-order valence-corrected chi connectivity index (χ1v) is 8.51. The Morgan fingerprint density at radius 1 is 0.885 bits per heavy atom. The Morgan fingerprint density at radius 2 is 1.58 bits per heavy atom. The van der Waals surface area contributed by atoms with Crippen LogP contribution in [0.15, 0.2) is 77.8 Å². The second-order valence-electron chi connectivity index (χ2n) is 6.96. The molecule has 26 heavy (non-hydrogen) atoms. The normalized spacial score (nSPS) is 14.6. The van der Waals surface area contributed by atoms with Gasteiger partial charge in [0.2, 0.25) is 0 Å². The van der Waals surface area contributed by atoms with Gasteiger partial charge in [-0.1, -0.05) is 62.4 Å². The third kappa shape index (κ3) is 2.51. The van der Waals surface area contributed by atoms with Crippen molar-refractivity contribution in [3.05, 3.63) is 94.0 Å². The number of hydrogen-bond donors (Lipinski definition) is 0. The molecule has 0 unspecified atom stereocenters. The van der Waals surface area contributed by atoms with Crippen molar-refractivity contribution >= 4 is 17.1 Å². The van der Waals surface area contributed by atoms with Crippen molar-refractivity contribution < 1.29 is 4.92 Å². The lowest BCUT2D eigenvalue weighted by molar-refractivity contribution is -0.384. The predicted octanol–water partition coefficient (Wildman–Crippen LogP) is 5.67. The third-order valence-electron chi connectivity index (χ3n) is 4.95. The number of nitro benzene ring substituents is 1. The zero-order valence-electron chi connectivity index (χ0n) is 14.6. The highest BCUT2D eigenvalue weighted by Gasteiger charge is 2.36. The predicted molar refractivity (Wildman–Crippen MR) is 104 cm³/mol. The fourth-order valence-corrected chi connectivity index (χ4v) is 3.59. The van der Waals surface area contributed by atoms with Gasteiger partial charge < -0.3 is 0 Å². The largest absolute Gasteiger partial charge is 0.277 e. The first kappa shape index (κ1) is 16.2. The second-order valence-corrected chi connectivity index (χ2v) is 6.96. The van der Waals surface area contributed by atoms with Crippen molar-refractivity contribution in [3.63, 3.8) is 0 Å². The van der Waals surface area contributed by atoms with Crippen molar-refractivity contribution in [2.45, 2.75) is 19.3 Å². The molecule has 4 heteroatoms. The van der Waals surface area contributed by atoms with E-state index in [0.717, 1.165) is 28.1 Å². The van der Waals surface area contributed by atoms with Crippen LogP contribution in [-0.2, 0) is 5.41 Å². The van der Waals surface area contributed by atoms with Gasteiger partial charge in [0.05, 0.1) is 21.9 Å². The van der Waals surface area contributed by atoms with Gasteiger partial charge in [-0.05, 0) is 34.9 Å². The molecule has 0 aliphatic carbocycles. The van der Waals surface area contributed by atoms with Crippen LogP contribution in [0.25, 0.3) is 11.1 Å². The molecule has 3 aromatic carbocycles. The lowest BCUT2D eigenvalue weighted by Crippen LogP contribution is -2.26. The average Bonchev–Trinajstić information content (AvgIpc) is 2.93. The third-order valence-corrected chi connectivity index (χ3v) is 4.95. The van der Waals surface area contributed by atoms with Gasteiger partial charge in [-0.3, -0.25) is 15.1 Å². The molecule has 0 saturated heterocycles. The molecule has 128 valence electrons.